The molecule has 1 heterocycles. The Hall–Kier alpha value is -2.82. The molecule has 4 rings (SSSR count). The molecule has 0 fully saturated rings. The molecule has 3 atom stereocenters. The van der Waals surface area contributed by atoms with Crippen LogP contribution in [-0.4, -0.2) is 12.0 Å². The molecule has 26 heavy (non-hydrogen) atoms. The molecule has 2 aliphatic rings. The molecule has 1 aliphatic heterocycles. The summed E-state index contributed by atoms with van der Waals surface area (Å²) < 4.78 is 5.15. The molecule has 0 aromatic heterocycles. The van der Waals surface area contributed by atoms with Crippen LogP contribution in [0.15, 0.2) is 42.5 Å². The Balaban J connectivity index is 1.81. The van der Waals surface area contributed by atoms with Crippen LogP contribution in [0.3, 0.4) is 0 Å². The molecule has 1 aliphatic carbocycles. The molecular weight excluding hydrogens is 328 g/mol. The van der Waals surface area contributed by atoms with Crippen LogP contribution >= 0.6 is 0 Å². The number of nitro benzene ring substituents is 1. The van der Waals surface area contributed by atoms with Crippen LogP contribution in [-0.2, 0) is 0 Å². The van der Waals surface area contributed by atoms with E-state index in [1.165, 1.54) is 23.8 Å². The van der Waals surface area contributed by atoms with Gasteiger partial charge in [-0.25, -0.2) is 0 Å². The average molecular weight is 350 g/mol. The lowest BCUT2D eigenvalue weighted by Crippen LogP contribution is -2.29. The Morgan fingerprint density at radius 1 is 1.23 bits per heavy atom. The van der Waals surface area contributed by atoms with Crippen molar-refractivity contribution < 1.29 is 9.66 Å². The zero-order valence-corrected chi connectivity index (χ0v) is 15.2. The second-order valence-electron chi connectivity index (χ2n) is 7.21. The van der Waals surface area contributed by atoms with Gasteiger partial charge >= 0.3 is 5.69 Å². The van der Waals surface area contributed by atoms with Gasteiger partial charge in [0.2, 0.25) is 0 Å². The maximum absolute atomic E-state index is 11.4. The Morgan fingerprint density at radius 3 is 2.77 bits per heavy atom. The third-order valence-electron chi connectivity index (χ3n) is 5.58. The Morgan fingerprint density at radius 2 is 2.04 bits per heavy atom. The van der Waals surface area contributed by atoms with E-state index in [0.29, 0.717) is 17.6 Å². The van der Waals surface area contributed by atoms with E-state index in [1.54, 1.807) is 12.1 Å². The maximum Gasteiger partial charge on any atom is 0.311 e. The molecule has 0 bridgehead atoms. The first-order valence-electron chi connectivity index (χ1n) is 8.86. The van der Waals surface area contributed by atoms with Crippen molar-refractivity contribution >= 4 is 11.4 Å². The van der Waals surface area contributed by atoms with E-state index >= 15 is 0 Å². The fourth-order valence-electron chi connectivity index (χ4n) is 4.51. The molecule has 0 unspecified atom stereocenters. The first-order chi connectivity index (χ1) is 12.5. The van der Waals surface area contributed by atoms with Crippen molar-refractivity contribution in [2.45, 2.75) is 32.2 Å². The molecule has 0 amide bonds. The highest BCUT2D eigenvalue weighted by molar-refractivity contribution is 5.64. The van der Waals surface area contributed by atoms with E-state index < -0.39 is 0 Å². The number of anilines is 1. The summed E-state index contributed by atoms with van der Waals surface area (Å²) in [7, 11) is 1.46. The minimum Gasteiger partial charge on any atom is -0.490 e. The molecule has 2 aromatic carbocycles. The van der Waals surface area contributed by atoms with E-state index in [0.717, 1.165) is 17.7 Å². The Labute approximate surface area is 152 Å². The highest BCUT2D eigenvalue weighted by Gasteiger charge is 2.39. The molecule has 5 nitrogen and oxygen atoms in total. The number of aryl methyl sites for hydroxylation is 2. The number of nitrogens with zero attached hydrogens (tertiary/aromatic N) is 1. The fraction of sp³-hybridized carbons (Fsp3) is 0.333. The monoisotopic (exact) mass is 350 g/mol. The van der Waals surface area contributed by atoms with Crippen molar-refractivity contribution in [2.24, 2.45) is 5.92 Å². The van der Waals surface area contributed by atoms with E-state index in [4.69, 9.17) is 4.74 Å². The van der Waals surface area contributed by atoms with Gasteiger partial charge in [0, 0.05) is 17.7 Å². The van der Waals surface area contributed by atoms with E-state index in [9.17, 15) is 10.1 Å². The third-order valence-corrected chi connectivity index (χ3v) is 5.58. The molecule has 0 saturated carbocycles. The fourth-order valence-corrected chi connectivity index (χ4v) is 4.51. The second kappa shape index (κ2) is 6.16. The molecule has 2 aromatic rings. The summed E-state index contributed by atoms with van der Waals surface area (Å²) in [6.45, 7) is 4.26. The van der Waals surface area contributed by atoms with Crippen molar-refractivity contribution in [1.82, 2.24) is 0 Å². The van der Waals surface area contributed by atoms with Gasteiger partial charge in [0.15, 0.2) is 5.75 Å². The van der Waals surface area contributed by atoms with Gasteiger partial charge in [-0.3, -0.25) is 10.1 Å². The van der Waals surface area contributed by atoms with Crippen molar-refractivity contribution in [3.63, 3.8) is 0 Å². The van der Waals surface area contributed by atoms with Gasteiger partial charge in [-0.1, -0.05) is 24.3 Å². The predicted octanol–water partition coefficient (Wildman–Crippen LogP) is 5.05. The predicted molar refractivity (Wildman–Crippen MR) is 102 cm³/mol. The number of hydrogen-bond donors (Lipinski definition) is 1. The van der Waals surface area contributed by atoms with Crippen molar-refractivity contribution in [3.8, 4) is 5.75 Å². The van der Waals surface area contributed by atoms with E-state index in [-0.39, 0.29) is 16.7 Å². The minimum absolute atomic E-state index is 0.0144. The summed E-state index contributed by atoms with van der Waals surface area (Å²) in [5.74, 6) is 0.998. The third kappa shape index (κ3) is 2.55. The first-order valence-corrected chi connectivity index (χ1v) is 8.86. The maximum atomic E-state index is 11.4. The van der Waals surface area contributed by atoms with Crippen LogP contribution in [0.25, 0.3) is 0 Å². The average Bonchev–Trinajstić information content (AvgIpc) is 3.09. The molecule has 1 N–H and O–H groups in total. The van der Waals surface area contributed by atoms with Gasteiger partial charge in [0.05, 0.1) is 18.1 Å². The van der Waals surface area contributed by atoms with Gasteiger partial charge < -0.3 is 10.1 Å². The molecule has 0 radical (unpaired) electrons. The number of ether oxygens (including phenoxy) is 1. The quantitative estimate of drug-likeness (QED) is 0.478. The summed E-state index contributed by atoms with van der Waals surface area (Å²) in [6.07, 6.45) is 5.49. The van der Waals surface area contributed by atoms with Gasteiger partial charge in [0.1, 0.15) is 0 Å². The smallest absolute Gasteiger partial charge is 0.311 e. The highest BCUT2D eigenvalue weighted by atomic mass is 16.6. The topological polar surface area (TPSA) is 64.4 Å². The normalized spacial score (nSPS) is 23.1. The van der Waals surface area contributed by atoms with Gasteiger partial charge in [0.25, 0.3) is 0 Å². The number of hydrogen-bond acceptors (Lipinski definition) is 4. The minimum atomic E-state index is -0.377. The largest absolute Gasteiger partial charge is 0.490 e. The van der Waals surface area contributed by atoms with E-state index in [2.05, 4.69) is 43.4 Å². The summed E-state index contributed by atoms with van der Waals surface area (Å²) in [4.78, 5) is 11.0. The summed E-state index contributed by atoms with van der Waals surface area (Å²) in [6, 6.07) is 9.72. The lowest BCUT2D eigenvalue weighted by Gasteiger charge is -2.38. The van der Waals surface area contributed by atoms with Crippen LogP contribution in [0.5, 0.6) is 5.75 Å². The van der Waals surface area contributed by atoms with Crippen molar-refractivity contribution in [3.05, 3.63) is 74.9 Å². The highest BCUT2D eigenvalue weighted by Crippen LogP contribution is 2.51. The number of nitrogens with one attached hydrogen (secondary N) is 1. The molecule has 0 spiro atoms. The van der Waals surface area contributed by atoms with Gasteiger partial charge in [-0.15, -0.1) is 0 Å². The zero-order chi connectivity index (χ0) is 18.4. The van der Waals surface area contributed by atoms with Gasteiger partial charge in [-0.05, 0) is 60.6 Å². The van der Waals surface area contributed by atoms with E-state index in [1.807, 2.05) is 6.07 Å². The standard InChI is InChI=1S/C21H22N2O3/c1-12-9-13(2)20-15-5-4-6-16(15)21(22-17(20)10-12)14-7-8-19(26-3)18(11-14)23(24)25/h4-5,7-11,15-16,21-22H,6H2,1-3H3/t15-,16+,21+/m1/s1. The molecule has 134 valence electrons. The molecule has 0 saturated heterocycles. The lowest BCUT2D eigenvalue weighted by atomic mass is 9.75. The summed E-state index contributed by atoms with van der Waals surface area (Å²) in [5.41, 5.74) is 5.95. The number of fused-ring (bicyclic) bond motifs is 3. The number of nitro groups is 1. The van der Waals surface area contributed by atoms with Crippen LogP contribution in [0, 0.1) is 29.9 Å². The van der Waals surface area contributed by atoms with Crippen LogP contribution in [0.1, 0.15) is 40.6 Å². The van der Waals surface area contributed by atoms with Crippen LogP contribution in [0.2, 0.25) is 0 Å². The zero-order valence-electron chi connectivity index (χ0n) is 15.2. The first kappa shape index (κ1) is 16.6. The number of allylic oxidation sites excluding steroid dienone is 2. The number of benzene rings is 2. The number of methoxy groups -OCH3 is 1. The Kier molecular flexibility index (Phi) is 3.94. The number of rotatable bonds is 3. The van der Waals surface area contributed by atoms with Gasteiger partial charge in [-0.2, -0.15) is 0 Å². The SMILES string of the molecule is COc1ccc([C@@H]2Nc3cc(C)cc(C)c3[C@@H]3C=CC[C@@H]32)cc1[N+](=O)[O-]. The second-order valence-corrected chi connectivity index (χ2v) is 7.21. The van der Waals surface area contributed by atoms with Crippen molar-refractivity contribution in [2.75, 3.05) is 12.4 Å². The summed E-state index contributed by atoms with van der Waals surface area (Å²) >= 11 is 0. The Bertz CT molecular complexity index is 920. The molecule has 5 heteroatoms. The lowest BCUT2D eigenvalue weighted by molar-refractivity contribution is -0.385. The molecular formula is C21H22N2O3. The van der Waals surface area contributed by atoms with Crippen LogP contribution in [0.4, 0.5) is 11.4 Å². The summed E-state index contributed by atoms with van der Waals surface area (Å²) in [5, 5.41) is 15.1. The van der Waals surface area contributed by atoms with Crippen LogP contribution < -0.4 is 10.1 Å². The van der Waals surface area contributed by atoms with Crippen molar-refractivity contribution in [1.29, 1.82) is 0 Å².